The fourth-order valence-electron chi connectivity index (χ4n) is 6.54. The van der Waals surface area contributed by atoms with Crippen LogP contribution in [-0.4, -0.2) is 29.1 Å². The van der Waals surface area contributed by atoms with E-state index in [-0.39, 0.29) is 0 Å². The molecule has 0 spiro atoms. The van der Waals surface area contributed by atoms with Gasteiger partial charge in [0.25, 0.3) is 0 Å². The smallest absolute Gasteiger partial charge is 0.101 e. The zero-order valence-electron chi connectivity index (χ0n) is 28.3. The molecule has 1 atom stereocenters. The van der Waals surface area contributed by atoms with Gasteiger partial charge < -0.3 is 9.80 Å². The third kappa shape index (κ3) is 22.0. The predicted octanol–water partition coefficient (Wildman–Crippen LogP) is 13.2. The zero-order valence-corrected chi connectivity index (χ0v) is 28.3. The first-order valence-corrected chi connectivity index (χ1v) is 19.0. The maximum Gasteiger partial charge on any atom is 0.101 e. The second kappa shape index (κ2) is 29.8. The fourth-order valence-corrected chi connectivity index (χ4v) is 6.54. The van der Waals surface area contributed by atoms with Gasteiger partial charge in [-0.3, -0.25) is 0 Å². The van der Waals surface area contributed by atoms with E-state index in [1.165, 1.54) is 206 Å². The molecule has 1 aliphatic rings. The molecule has 0 bridgehead atoms. The molecule has 0 aromatic rings. The van der Waals surface area contributed by atoms with Gasteiger partial charge in [-0.2, -0.15) is 0 Å². The lowest BCUT2D eigenvalue weighted by atomic mass is 10.0. The molecule has 0 aromatic heterocycles. The number of nitrogens with zero attached hydrogens (tertiary/aromatic N) is 2. The molecule has 1 heterocycles. The normalized spacial score (nSPS) is 15.1. The molecule has 0 aliphatic carbocycles. The van der Waals surface area contributed by atoms with E-state index in [0.717, 1.165) is 0 Å². The Labute approximate surface area is 254 Å². The fraction of sp³-hybridized carbons (Fsp3) is 0.947. The molecule has 1 aliphatic heterocycles. The molecule has 1 unspecified atom stereocenters. The second-order valence-corrected chi connectivity index (χ2v) is 13.2. The summed E-state index contributed by atoms with van der Waals surface area (Å²) in [6.07, 6.45) is 48.5. The summed E-state index contributed by atoms with van der Waals surface area (Å²) in [5.74, 6) is 0. The number of unbranched alkanes of at least 4 members (excludes halogenated alkanes) is 26. The van der Waals surface area contributed by atoms with Crippen LogP contribution in [0.5, 0.6) is 0 Å². The van der Waals surface area contributed by atoms with Crippen LogP contribution in [0.3, 0.4) is 0 Å². The second-order valence-electron chi connectivity index (χ2n) is 13.2. The zero-order chi connectivity index (χ0) is 28.8. The highest BCUT2D eigenvalue weighted by atomic mass is 15.4. The van der Waals surface area contributed by atoms with E-state index < -0.39 is 0 Å². The molecule has 0 radical (unpaired) electrons. The standard InChI is InChI=1S/C38H76N2/c1-4-7-10-13-16-17-18-19-20-21-22-23-24-26-29-32-35-40-37-36-39(34-31-28-25-14-11-8-5-2)38(40)33-30-27-15-12-9-6-3/h36-38H,4-35H2,1-3H3. The van der Waals surface area contributed by atoms with Gasteiger partial charge in [0.2, 0.25) is 0 Å². The number of hydrogen-bond acceptors (Lipinski definition) is 2. The molecule has 0 N–H and O–H groups in total. The van der Waals surface area contributed by atoms with Crippen molar-refractivity contribution in [2.24, 2.45) is 0 Å². The topological polar surface area (TPSA) is 6.48 Å². The van der Waals surface area contributed by atoms with Gasteiger partial charge in [-0.1, -0.05) is 188 Å². The molecular weight excluding hydrogens is 484 g/mol. The first kappa shape index (κ1) is 37.4. The average molecular weight is 561 g/mol. The van der Waals surface area contributed by atoms with E-state index in [0.29, 0.717) is 6.17 Å². The first-order valence-electron chi connectivity index (χ1n) is 19.0. The Balaban J connectivity index is 2.11. The third-order valence-corrected chi connectivity index (χ3v) is 9.32. The van der Waals surface area contributed by atoms with Gasteiger partial charge in [0.05, 0.1) is 0 Å². The van der Waals surface area contributed by atoms with Crippen molar-refractivity contribution >= 4 is 0 Å². The van der Waals surface area contributed by atoms with E-state index >= 15 is 0 Å². The van der Waals surface area contributed by atoms with E-state index in [4.69, 9.17) is 0 Å². The van der Waals surface area contributed by atoms with Crippen molar-refractivity contribution < 1.29 is 0 Å². The van der Waals surface area contributed by atoms with Crippen LogP contribution < -0.4 is 0 Å². The Morgan fingerprint density at radius 2 is 0.575 bits per heavy atom. The number of hydrogen-bond donors (Lipinski definition) is 0. The predicted molar refractivity (Wildman–Crippen MR) is 182 cm³/mol. The quantitative estimate of drug-likeness (QED) is 0.0755. The van der Waals surface area contributed by atoms with Gasteiger partial charge >= 0.3 is 0 Å². The summed E-state index contributed by atoms with van der Waals surface area (Å²) in [4.78, 5) is 5.40. The molecule has 1 rings (SSSR count). The van der Waals surface area contributed by atoms with E-state index in [9.17, 15) is 0 Å². The Morgan fingerprint density at radius 3 is 0.875 bits per heavy atom. The summed E-state index contributed by atoms with van der Waals surface area (Å²) >= 11 is 0. The summed E-state index contributed by atoms with van der Waals surface area (Å²) in [6.45, 7) is 9.48. The highest BCUT2D eigenvalue weighted by molar-refractivity contribution is 4.97. The van der Waals surface area contributed by atoms with E-state index in [1.54, 1.807) is 0 Å². The molecule has 2 heteroatoms. The lowest BCUT2D eigenvalue weighted by Crippen LogP contribution is -2.39. The first-order chi connectivity index (χ1) is 19.8. The Hall–Kier alpha value is -0.660. The molecule has 0 amide bonds. The highest BCUT2D eigenvalue weighted by Gasteiger charge is 2.24. The van der Waals surface area contributed by atoms with Crippen molar-refractivity contribution in [1.82, 2.24) is 9.80 Å². The molecule has 2 nitrogen and oxygen atoms in total. The molecular formula is C38H76N2. The minimum Gasteiger partial charge on any atom is -0.356 e. The summed E-state index contributed by atoms with van der Waals surface area (Å²) in [7, 11) is 0. The van der Waals surface area contributed by atoms with Crippen molar-refractivity contribution in [3.63, 3.8) is 0 Å². The van der Waals surface area contributed by atoms with Crippen molar-refractivity contribution in [1.29, 1.82) is 0 Å². The molecule has 0 saturated carbocycles. The van der Waals surface area contributed by atoms with Gasteiger partial charge in [-0.05, 0) is 25.7 Å². The minimum absolute atomic E-state index is 0.641. The van der Waals surface area contributed by atoms with E-state index in [2.05, 4.69) is 43.0 Å². The summed E-state index contributed by atoms with van der Waals surface area (Å²) < 4.78 is 0. The molecule has 238 valence electrons. The van der Waals surface area contributed by atoms with Crippen LogP contribution >= 0.6 is 0 Å². The summed E-state index contributed by atoms with van der Waals surface area (Å²) in [5.41, 5.74) is 0. The average Bonchev–Trinajstić information content (AvgIpc) is 3.35. The maximum atomic E-state index is 2.71. The Kier molecular flexibility index (Phi) is 27.9. The van der Waals surface area contributed by atoms with Gasteiger partial charge in [0.15, 0.2) is 0 Å². The third-order valence-electron chi connectivity index (χ3n) is 9.32. The molecule has 0 aromatic carbocycles. The molecule has 0 fully saturated rings. The van der Waals surface area contributed by atoms with Gasteiger partial charge in [0.1, 0.15) is 6.17 Å². The lowest BCUT2D eigenvalue weighted by molar-refractivity contribution is 0.135. The van der Waals surface area contributed by atoms with Crippen molar-refractivity contribution in [2.75, 3.05) is 13.1 Å². The van der Waals surface area contributed by atoms with Crippen molar-refractivity contribution in [3.8, 4) is 0 Å². The van der Waals surface area contributed by atoms with E-state index in [1.807, 2.05) is 0 Å². The number of rotatable bonds is 32. The van der Waals surface area contributed by atoms with Crippen LogP contribution in [-0.2, 0) is 0 Å². The monoisotopic (exact) mass is 561 g/mol. The minimum atomic E-state index is 0.641. The van der Waals surface area contributed by atoms with Crippen LogP contribution in [0.4, 0.5) is 0 Å². The SMILES string of the molecule is CCCCCCCCCCCCCCCCCCN1C=CN(CCCCCCCCC)C1CCCCCCCC. The van der Waals surface area contributed by atoms with Crippen molar-refractivity contribution in [2.45, 2.75) is 220 Å². The maximum absolute atomic E-state index is 2.71. The van der Waals surface area contributed by atoms with Crippen molar-refractivity contribution in [3.05, 3.63) is 12.4 Å². The Morgan fingerprint density at radius 1 is 0.325 bits per heavy atom. The Bertz CT molecular complexity index is 516. The van der Waals surface area contributed by atoms with Crippen LogP contribution in [0, 0.1) is 0 Å². The molecule has 0 saturated heterocycles. The molecule has 40 heavy (non-hydrogen) atoms. The van der Waals surface area contributed by atoms with Crippen LogP contribution in [0.1, 0.15) is 213 Å². The largest absolute Gasteiger partial charge is 0.356 e. The highest BCUT2D eigenvalue weighted by Crippen LogP contribution is 2.24. The van der Waals surface area contributed by atoms with Crippen LogP contribution in [0.2, 0.25) is 0 Å². The van der Waals surface area contributed by atoms with Gasteiger partial charge in [0, 0.05) is 25.5 Å². The summed E-state index contributed by atoms with van der Waals surface area (Å²) in [6, 6.07) is 0. The summed E-state index contributed by atoms with van der Waals surface area (Å²) in [5, 5.41) is 0. The van der Waals surface area contributed by atoms with Gasteiger partial charge in [-0.25, -0.2) is 0 Å². The van der Waals surface area contributed by atoms with Crippen LogP contribution in [0.15, 0.2) is 12.4 Å². The lowest BCUT2D eigenvalue weighted by Gasteiger charge is -2.33. The van der Waals surface area contributed by atoms with Crippen LogP contribution in [0.25, 0.3) is 0 Å². The van der Waals surface area contributed by atoms with Gasteiger partial charge in [-0.15, -0.1) is 0 Å².